The van der Waals surface area contributed by atoms with Crippen molar-refractivity contribution in [1.29, 1.82) is 0 Å². The molecular weight excluding hydrogens is 337 g/mol. The largest absolute Gasteiger partial charge is 0.467 e. The van der Waals surface area contributed by atoms with Gasteiger partial charge >= 0.3 is 24.8 Å². The van der Waals surface area contributed by atoms with Gasteiger partial charge in [-0.3, -0.25) is 10.3 Å². The van der Waals surface area contributed by atoms with E-state index in [1.54, 1.807) is 30.3 Å². The normalized spacial score (nSPS) is 13.8. The minimum absolute atomic E-state index is 0.0841. The summed E-state index contributed by atoms with van der Waals surface area (Å²) < 4.78 is 32.6. The molecule has 0 saturated heterocycles. The first-order valence-corrected chi connectivity index (χ1v) is 8.87. The van der Waals surface area contributed by atoms with Crippen LogP contribution in [0, 0.1) is 0 Å². The topological polar surface area (TPSA) is 114 Å². The van der Waals surface area contributed by atoms with E-state index >= 15 is 0 Å². The van der Waals surface area contributed by atoms with Gasteiger partial charge in [-0.1, -0.05) is 30.3 Å². The molecule has 1 rings (SSSR count). The number of hydrogen-bond acceptors (Lipinski definition) is 8. The third-order valence-corrected chi connectivity index (χ3v) is 5.48. The zero-order valence-corrected chi connectivity index (χ0v) is 14.8. The van der Waals surface area contributed by atoms with Crippen molar-refractivity contribution in [2.24, 2.45) is 5.73 Å². The highest BCUT2D eigenvalue weighted by atomic mass is 31.2. The summed E-state index contributed by atoms with van der Waals surface area (Å²) in [6, 6.07) is 8.74. The van der Waals surface area contributed by atoms with E-state index in [0.717, 1.165) is 7.11 Å². The monoisotopic (exact) mass is 359 g/mol. The molecule has 0 aromatic heterocycles. The van der Waals surface area contributed by atoms with Crippen LogP contribution in [-0.4, -0.2) is 37.5 Å². The number of nitrogens with two attached hydrogens (primary N) is 1. The fourth-order valence-electron chi connectivity index (χ4n) is 1.88. The number of carbonyl (C=O) groups is 2. The molecule has 1 unspecified atom stereocenters. The van der Waals surface area contributed by atoms with Gasteiger partial charge in [-0.15, -0.1) is 0 Å². The van der Waals surface area contributed by atoms with Crippen molar-refractivity contribution < 1.29 is 32.7 Å². The maximum Gasteiger partial charge on any atom is 0.373 e. The summed E-state index contributed by atoms with van der Waals surface area (Å²) >= 11 is 0. The molecule has 2 N–H and O–H groups in total. The summed E-state index contributed by atoms with van der Waals surface area (Å²) in [5.74, 6) is -2.51. The zero-order valence-electron chi connectivity index (χ0n) is 13.9. The summed E-state index contributed by atoms with van der Waals surface area (Å²) in [5, 5.41) is -2.71. The molecule has 0 heterocycles. The average molecular weight is 359 g/mol. The quantitative estimate of drug-likeness (QED) is 0.403. The summed E-state index contributed by atoms with van der Waals surface area (Å²) in [5.41, 5.74) is 6.52. The van der Waals surface area contributed by atoms with E-state index in [2.05, 4.69) is 4.74 Å². The van der Waals surface area contributed by atoms with Crippen LogP contribution in [-0.2, 0) is 39.3 Å². The first-order valence-electron chi connectivity index (χ1n) is 7.33. The van der Waals surface area contributed by atoms with E-state index < -0.39 is 24.8 Å². The molecule has 9 heteroatoms. The van der Waals surface area contributed by atoms with Gasteiger partial charge in [-0.05, 0) is 19.4 Å². The number of esters is 2. The second kappa shape index (κ2) is 8.94. The maximum atomic E-state index is 12.9. The van der Waals surface area contributed by atoms with Crippen molar-refractivity contribution in [2.75, 3.05) is 20.3 Å². The van der Waals surface area contributed by atoms with Gasteiger partial charge in [-0.2, -0.15) is 0 Å². The molecule has 134 valence electrons. The van der Waals surface area contributed by atoms with Crippen molar-refractivity contribution in [3.8, 4) is 0 Å². The maximum absolute atomic E-state index is 12.9. The van der Waals surface area contributed by atoms with Crippen LogP contribution in [0.3, 0.4) is 0 Å². The third-order valence-electron chi connectivity index (χ3n) is 3.05. The van der Waals surface area contributed by atoms with Crippen LogP contribution >= 0.6 is 7.60 Å². The molecule has 1 aromatic carbocycles. The van der Waals surface area contributed by atoms with Gasteiger partial charge in [0, 0.05) is 0 Å². The van der Waals surface area contributed by atoms with Crippen molar-refractivity contribution in [3.05, 3.63) is 35.9 Å². The van der Waals surface area contributed by atoms with Gasteiger partial charge < -0.3 is 18.5 Å². The van der Waals surface area contributed by atoms with Crippen LogP contribution in [0.25, 0.3) is 0 Å². The summed E-state index contributed by atoms with van der Waals surface area (Å²) in [4.78, 5) is 24.6. The Morgan fingerprint density at radius 1 is 1.08 bits per heavy atom. The minimum Gasteiger partial charge on any atom is -0.467 e. The molecular formula is C15H22NO7P. The predicted molar refractivity (Wildman–Crippen MR) is 86.0 cm³/mol. The standard InChI is InChI=1S/C15H22NO7P/c1-4-22-24(19,23-5-2)15(16,13(17)20-3)14(18)21-11-12-9-7-6-8-10-12/h6-10H,4-5,11,16H2,1-3H3. The van der Waals surface area contributed by atoms with E-state index in [4.69, 9.17) is 19.5 Å². The molecule has 0 radical (unpaired) electrons. The average Bonchev–Trinajstić information content (AvgIpc) is 2.59. The fraction of sp³-hybridized carbons (Fsp3) is 0.467. The van der Waals surface area contributed by atoms with Crippen LogP contribution in [0.5, 0.6) is 0 Å². The van der Waals surface area contributed by atoms with Crippen LogP contribution in [0.15, 0.2) is 30.3 Å². The van der Waals surface area contributed by atoms with E-state index in [1.165, 1.54) is 13.8 Å². The van der Waals surface area contributed by atoms with E-state index in [0.29, 0.717) is 5.56 Å². The van der Waals surface area contributed by atoms with Gasteiger partial charge in [0.25, 0.3) is 0 Å². The summed E-state index contributed by atoms with van der Waals surface area (Å²) in [6.07, 6.45) is 0. The Labute approximate surface area is 140 Å². The Hall–Kier alpha value is -1.73. The molecule has 24 heavy (non-hydrogen) atoms. The van der Waals surface area contributed by atoms with Gasteiger partial charge in [-0.25, -0.2) is 9.59 Å². The lowest BCUT2D eigenvalue weighted by Gasteiger charge is -2.30. The molecule has 0 aliphatic carbocycles. The van der Waals surface area contributed by atoms with E-state index in [1.807, 2.05) is 0 Å². The highest BCUT2D eigenvalue weighted by Gasteiger charge is 2.63. The highest BCUT2D eigenvalue weighted by molar-refractivity contribution is 7.58. The first kappa shape index (κ1) is 20.3. The lowest BCUT2D eigenvalue weighted by atomic mass is 10.2. The summed E-state index contributed by atoms with van der Waals surface area (Å²) in [6.45, 7) is 2.73. The minimum atomic E-state index is -4.36. The van der Waals surface area contributed by atoms with Crippen LogP contribution in [0.1, 0.15) is 19.4 Å². The third kappa shape index (κ3) is 4.21. The van der Waals surface area contributed by atoms with Crippen molar-refractivity contribution in [1.82, 2.24) is 0 Å². The van der Waals surface area contributed by atoms with Crippen molar-refractivity contribution >= 4 is 19.5 Å². The van der Waals surface area contributed by atoms with Crippen molar-refractivity contribution in [2.45, 2.75) is 25.7 Å². The van der Waals surface area contributed by atoms with E-state index in [-0.39, 0.29) is 19.8 Å². The van der Waals surface area contributed by atoms with Gasteiger partial charge in [0.2, 0.25) is 0 Å². The first-order chi connectivity index (χ1) is 11.4. The Bertz CT molecular complexity index is 597. The van der Waals surface area contributed by atoms with Gasteiger partial charge in [0.15, 0.2) is 0 Å². The van der Waals surface area contributed by atoms with E-state index in [9.17, 15) is 14.2 Å². The summed E-state index contributed by atoms with van der Waals surface area (Å²) in [7, 11) is -3.35. The number of hydrogen-bond donors (Lipinski definition) is 1. The van der Waals surface area contributed by atoms with Gasteiger partial charge in [0.05, 0.1) is 20.3 Å². The van der Waals surface area contributed by atoms with Gasteiger partial charge in [0.1, 0.15) is 6.61 Å². The second-order valence-electron chi connectivity index (χ2n) is 4.65. The highest BCUT2D eigenvalue weighted by Crippen LogP contribution is 2.58. The number of ether oxygens (including phenoxy) is 2. The Morgan fingerprint density at radius 3 is 2.08 bits per heavy atom. The molecule has 0 saturated carbocycles. The molecule has 8 nitrogen and oxygen atoms in total. The molecule has 0 amide bonds. The lowest BCUT2D eigenvalue weighted by Crippen LogP contribution is -2.56. The number of rotatable bonds is 9. The van der Waals surface area contributed by atoms with Crippen LogP contribution in [0.2, 0.25) is 0 Å². The molecule has 1 atom stereocenters. The number of benzene rings is 1. The predicted octanol–water partition coefficient (Wildman–Crippen LogP) is 1.82. The lowest BCUT2D eigenvalue weighted by molar-refractivity contribution is -0.159. The van der Waals surface area contributed by atoms with Crippen molar-refractivity contribution in [3.63, 3.8) is 0 Å². The second-order valence-corrected chi connectivity index (χ2v) is 6.87. The number of carbonyl (C=O) groups excluding carboxylic acids is 2. The van der Waals surface area contributed by atoms with Crippen LogP contribution in [0.4, 0.5) is 0 Å². The Kier molecular flexibility index (Phi) is 7.57. The number of methoxy groups -OCH3 is 1. The van der Waals surface area contributed by atoms with Crippen LogP contribution < -0.4 is 5.73 Å². The molecule has 0 aliphatic heterocycles. The molecule has 0 spiro atoms. The molecule has 0 bridgehead atoms. The zero-order chi connectivity index (χ0) is 18.2. The molecule has 1 aromatic rings. The Balaban J connectivity index is 3.11. The smallest absolute Gasteiger partial charge is 0.373 e. The molecule has 0 fully saturated rings. The molecule has 0 aliphatic rings. The Morgan fingerprint density at radius 2 is 1.62 bits per heavy atom. The fourth-order valence-corrected chi connectivity index (χ4v) is 3.64. The SMILES string of the molecule is CCOP(=O)(OCC)C(N)(C(=O)OC)C(=O)OCc1ccccc1.